The van der Waals surface area contributed by atoms with Crippen molar-refractivity contribution < 1.29 is 45.7 Å². The van der Waals surface area contributed by atoms with E-state index in [9.17, 15) is 26.8 Å². The Morgan fingerprint density at radius 3 is 2.42 bits per heavy atom. The number of hydrogen-bond acceptors (Lipinski definition) is 9. The summed E-state index contributed by atoms with van der Waals surface area (Å²) in [7, 11) is -3.25. The second kappa shape index (κ2) is 14.3. The van der Waals surface area contributed by atoms with E-state index in [4.69, 9.17) is 32.7 Å². The summed E-state index contributed by atoms with van der Waals surface area (Å²) in [6, 6.07) is 9.37. The van der Waals surface area contributed by atoms with Crippen LogP contribution in [0.1, 0.15) is 40.4 Å². The maximum atomic E-state index is 13.0. The molecule has 1 heterocycles. The number of pyridine rings is 1. The van der Waals surface area contributed by atoms with Gasteiger partial charge >= 0.3 is 18.6 Å². The van der Waals surface area contributed by atoms with Gasteiger partial charge in [-0.2, -0.15) is 13.5 Å². The predicted octanol–water partition coefficient (Wildman–Crippen LogP) is 5.37. The first-order chi connectivity index (χ1) is 20.5. The summed E-state index contributed by atoms with van der Waals surface area (Å²) >= 11 is 12.6. The molecule has 1 aromatic heterocycles. The van der Waals surface area contributed by atoms with E-state index in [0.717, 1.165) is 20.0 Å². The zero-order chi connectivity index (χ0) is 31.1. The normalized spacial score (nSPS) is 13.8. The Labute approximate surface area is 256 Å². The number of hydrogen-bond donors (Lipinski definition) is 1. The van der Waals surface area contributed by atoms with Crippen LogP contribution in [0.25, 0.3) is 0 Å². The number of nitrogens with zero attached hydrogens (tertiary/aromatic N) is 1. The van der Waals surface area contributed by atoms with Gasteiger partial charge in [-0.05, 0) is 54.2 Å². The number of rotatable bonds is 14. The van der Waals surface area contributed by atoms with Crippen LogP contribution in [0.5, 0.6) is 11.5 Å². The van der Waals surface area contributed by atoms with Crippen LogP contribution in [0.2, 0.25) is 10.0 Å². The summed E-state index contributed by atoms with van der Waals surface area (Å²) in [4.78, 5) is 28.6. The molecule has 0 saturated heterocycles. The Balaban J connectivity index is 1.59. The van der Waals surface area contributed by atoms with Gasteiger partial charge in [0.05, 0.1) is 34.2 Å². The highest BCUT2D eigenvalue weighted by Crippen LogP contribution is 2.38. The molecule has 0 radical (unpaired) electrons. The van der Waals surface area contributed by atoms with Crippen molar-refractivity contribution in [3.8, 4) is 11.5 Å². The van der Waals surface area contributed by atoms with Crippen molar-refractivity contribution in [3.05, 3.63) is 81.6 Å². The monoisotopic (exact) mass is 658 g/mol. The number of nitrogens with one attached hydrogen (secondary N) is 1. The van der Waals surface area contributed by atoms with Gasteiger partial charge in [-0.3, -0.25) is 9.78 Å². The van der Waals surface area contributed by atoms with Gasteiger partial charge in [0.25, 0.3) is 0 Å². The molecule has 1 aliphatic carbocycles. The molecule has 0 spiro atoms. The number of alkyl halides is 2. The number of sulfonamides is 1. The third kappa shape index (κ3) is 8.75. The highest BCUT2D eigenvalue weighted by atomic mass is 35.5. The molecule has 2 aromatic carbocycles. The minimum Gasteiger partial charge on any atom is -0.489 e. The van der Waals surface area contributed by atoms with E-state index in [-0.39, 0.29) is 40.1 Å². The van der Waals surface area contributed by atoms with E-state index in [2.05, 4.69) is 19.2 Å². The summed E-state index contributed by atoms with van der Waals surface area (Å²) in [5, 5.41) is 0.355. The van der Waals surface area contributed by atoms with Crippen LogP contribution in [0.4, 0.5) is 8.78 Å². The van der Waals surface area contributed by atoms with Gasteiger partial charge in [0.1, 0.15) is 12.6 Å². The highest BCUT2D eigenvalue weighted by molar-refractivity contribution is 7.89. The predicted molar refractivity (Wildman–Crippen MR) is 151 cm³/mol. The number of ether oxygens (including phenoxy) is 4. The van der Waals surface area contributed by atoms with Crippen molar-refractivity contribution in [2.24, 2.45) is 5.92 Å². The summed E-state index contributed by atoms with van der Waals surface area (Å²) < 4.78 is 74.8. The molecule has 43 heavy (non-hydrogen) atoms. The Morgan fingerprint density at radius 1 is 1.07 bits per heavy atom. The zero-order valence-corrected chi connectivity index (χ0v) is 24.9. The molecule has 0 aliphatic heterocycles. The molecule has 0 amide bonds. The largest absolute Gasteiger partial charge is 0.489 e. The van der Waals surface area contributed by atoms with E-state index >= 15 is 0 Å². The van der Waals surface area contributed by atoms with Crippen molar-refractivity contribution in [2.75, 3.05) is 20.3 Å². The van der Waals surface area contributed by atoms with E-state index < -0.39 is 46.1 Å². The van der Waals surface area contributed by atoms with Gasteiger partial charge in [0, 0.05) is 18.8 Å². The molecule has 10 nitrogen and oxygen atoms in total. The first-order valence-corrected chi connectivity index (χ1v) is 15.1. The fourth-order valence-electron chi connectivity index (χ4n) is 3.98. The SMILES string of the molecule is COC(=O)c1ccccc1S(=O)(=O)NCC(=O)O[C@@H](Cc1c(Cl)cncc1Cl)c1ccc(OC(F)F)c(OCC2CC2)c1. The van der Waals surface area contributed by atoms with Crippen LogP contribution in [0.15, 0.2) is 59.8 Å². The fraction of sp³-hybridized carbons (Fsp3) is 0.321. The summed E-state index contributed by atoms with van der Waals surface area (Å²) in [6.07, 6.45) is 3.38. The number of aromatic nitrogens is 1. The molecular formula is C28H26Cl2F2N2O8S. The molecule has 1 atom stereocenters. The molecule has 0 unspecified atom stereocenters. The van der Waals surface area contributed by atoms with Crippen LogP contribution in [-0.2, 0) is 30.7 Å². The summed E-state index contributed by atoms with van der Waals surface area (Å²) in [6.45, 7) is -3.64. The molecule has 1 N–H and O–H groups in total. The zero-order valence-electron chi connectivity index (χ0n) is 22.6. The number of carbonyl (C=O) groups excluding carboxylic acids is 2. The number of halogens is 4. The van der Waals surface area contributed by atoms with Crippen LogP contribution in [-0.4, -0.2) is 52.2 Å². The van der Waals surface area contributed by atoms with Crippen LogP contribution < -0.4 is 14.2 Å². The number of carbonyl (C=O) groups is 2. The summed E-state index contributed by atoms with van der Waals surface area (Å²) in [5.41, 5.74) is 0.455. The standard InChI is InChI=1S/C28H26Cl2F2N2O8S/c1-39-27(36)18-4-2-3-5-25(18)43(37,38)34-14-26(35)41-23(11-19-20(29)12-33-13-21(19)30)17-8-9-22(42-28(31)32)24(10-17)40-15-16-6-7-16/h2-5,8-10,12-13,16,23,28,34H,6-7,11,14-15H2,1H3/t23-/m0/s1. The Hall–Kier alpha value is -3.52. The fourth-order valence-corrected chi connectivity index (χ4v) is 5.66. The van der Waals surface area contributed by atoms with Gasteiger partial charge in [-0.15, -0.1) is 0 Å². The first kappa shape index (κ1) is 32.4. The van der Waals surface area contributed by atoms with E-state index in [1.165, 1.54) is 54.9 Å². The number of methoxy groups -OCH3 is 1. The lowest BCUT2D eigenvalue weighted by molar-refractivity contribution is -0.148. The summed E-state index contributed by atoms with van der Waals surface area (Å²) in [5.74, 6) is -1.78. The maximum Gasteiger partial charge on any atom is 0.387 e. The van der Waals surface area contributed by atoms with Crippen molar-refractivity contribution in [1.82, 2.24) is 9.71 Å². The third-order valence-corrected chi connectivity index (χ3v) is 8.44. The van der Waals surface area contributed by atoms with E-state index in [0.29, 0.717) is 17.0 Å². The molecule has 3 aromatic rings. The molecule has 1 fully saturated rings. The average molecular weight is 659 g/mol. The van der Waals surface area contributed by atoms with Gasteiger partial charge in [0.15, 0.2) is 11.5 Å². The van der Waals surface area contributed by atoms with Gasteiger partial charge in [-0.25, -0.2) is 13.2 Å². The topological polar surface area (TPSA) is 130 Å². The maximum absolute atomic E-state index is 13.0. The molecule has 230 valence electrons. The molecule has 1 saturated carbocycles. The van der Waals surface area contributed by atoms with Gasteiger partial charge in [0.2, 0.25) is 10.0 Å². The second-order valence-corrected chi connectivity index (χ2v) is 12.0. The second-order valence-electron chi connectivity index (χ2n) is 9.42. The van der Waals surface area contributed by atoms with Crippen LogP contribution in [0.3, 0.4) is 0 Å². The Morgan fingerprint density at radius 2 is 1.77 bits per heavy atom. The first-order valence-electron chi connectivity index (χ1n) is 12.8. The lowest BCUT2D eigenvalue weighted by atomic mass is 10.0. The lowest BCUT2D eigenvalue weighted by Gasteiger charge is -2.22. The van der Waals surface area contributed by atoms with Crippen molar-refractivity contribution in [3.63, 3.8) is 0 Å². The number of benzene rings is 2. The minimum absolute atomic E-state index is 0.0118. The minimum atomic E-state index is -4.36. The molecular weight excluding hydrogens is 633 g/mol. The Kier molecular flexibility index (Phi) is 10.8. The van der Waals surface area contributed by atoms with Crippen molar-refractivity contribution in [2.45, 2.75) is 36.9 Å². The van der Waals surface area contributed by atoms with Crippen LogP contribution in [0, 0.1) is 5.92 Å². The van der Waals surface area contributed by atoms with Gasteiger partial charge in [-0.1, -0.05) is 41.4 Å². The highest BCUT2D eigenvalue weighted by Gasteiger charge is 2.27. The van der Waals surface area contributed by atoms with E-state index in [1.54, 1.807) is 0 Å². The van der Waals surface area contributed by atoms with Crippen LogP contribution >= 0.6 is 23.2 Å². The van der Waals surface area contributed by atoms with Crippen molar-refractivity contribution in [1.29, 1.82) is 0 Å². The molecule has 4 rings (SSSR count). The Bertz CT molecular complexity index is 1570. The van der Waals surface area contributed by atoms with E-state index in [1.807, 2.05) is 0 Å². The number of esters is 2. The molecule has 0 bridgehead atoms. The van der Waals surface area contributed by atoms with Gasteiger partial charge < -0.3 is 18.9 Å². The third-order valence-electron chi connectivity index (χ3n) is 6.33. The smallest absolute Gasteiger partial charge is 0.387 e. The lowest BCUT2D eigenvalue weighted by Crippen LogP contribution is -2.32. The molecule has 15 heteroatoms. The van der Waals surface area contributed by atoms with Crippen molar-refractivity contribution >= 4 is 45.2 Å². The quantitative estimate of drug-likeness (QED) is 0.227. The molecule has 1 aliphatic rings. The average Bonchev–Trinajstić information content (AvgIpc) is 3.81.